The molecule has 6 heteroatoms. The molecule has 0 spiro atoms. The number of amides is 1. The van der Waals surface area contributed by atoms with Crippen LogP contribution in [0.25, 0.3) is 0 Å². The fourth-order valence-electron chi connectivity index (χ4n) is 4.49. The van der Waals surface area contributed by atoms with E-state index in [2.05, 4.69) is 42.2 Å². The molecule has 2 heterocycles. The largest absolute Gasteiger partial charge is 0.489 e. The van der Waals surface area contributed by atoms with Crippen molar-refractivity contribution < 1.29 is 9.53 Å². The molecular formula is C29H27N3O2S. The Balaban J connectivity index is 1.32. The minimum absolute atomic E-state index is 0.0517. The summed E-state index contributed by atoms with van der Waals surface area (Å²) in [7, 11) is 0. The minimum Gasteiger partial charge on any atom is -0.489 e. The van der Waals surface area contributed by atoms with Gasteiger partial charge in [-0.15, -0.1) is 0 Å². The number of carbonyl (C=O) groups excluding carboxylic acids is 1. The summed E-state index contributed by atoms with van der Waals surface area (Å²) in [5, 5.41) is 10.8. The summed E-state index contributed by atoms with van der Waals surface area (Å²) >= 11 is 1.57. The van der Waals surface area contributed by atoms with Gasteiger partial charge < -0.3 is 9.64 Å². The monoisotopic (exact) mass is 481 g/mol. The lowest BCUT2D eigenvalue weighted by Gasteiger charge is -2.42. The number of aryl methyl sites for hydroxylation is 1. The Morgan fingerprint density at radius 2 is 1.74 bits per heavy atom. The molecule has 5 nitrogen and oxygen atoms in total. The van der Waals surface area contributed by atoms with E-state index < -0.39 is 0 Å². The number of nitrogens with zero attached hydrogens (tertiary/aromatic N) is 3. The molecule has 0 bridgehead atoms. The topological polar surface area (TPSA) is 56.6 Å². The molecule has 0 aliphatic carbocycles. The van der Waals surface area contributed by atoms with Crippen LogP contribution in [0.5, 0.6) is 5.75 Å². The van der Waals surface area contributed by atoms with Gasteiger partial charge in [0.15, 0.2) is 0 Å². The van der Waals surface area contributed by atoms with E-state index in [0.717, 1.165) is 34.0 Å². The molecule has 1 atom stereocenters. The van der Waals surface area contributed by atoms with E-state index in [9.17, 15) is 10.1 Å². The number of fused-ring (bicyclic) bond motifs is 1. The number of carbonyl (C=O) groups is 1. The van der Waals surface area contributed by atoms with Crippen molar-refractivity contribution in [3.05, 3.63) is 106 Å². The molecule has 3 aromatic carbocycles. The lowest BCUT2D eigenvalue weighted by atomic mass is 9.86. The van der Waals surface area contributed by atoms with Crippen molar-refractivity contribution in [1.29, 1.82) is 5.26 Å². The number of nitriles is 1. The summed E-state index contributed by atoms with van der Waals surface area (Å²) in [4.78, 5) is 17.1. The first kappa shape index (κ1) is 23.1. The zero-order valence-electron chi connectivity index (χ0n) is 19.7. The molecule has 0 unspecified atom stereocenters. The van der Waals surface area contributed by atoms with Gasteiger partial charge in [0.2, 0.25) is 5.91 Å². The van der Waals surface area contributed by atoms with Gasteiger partial charge in [0.1, 0.15) is 12.4 Å². The van der Waals surface area contributed by atoms with Crippen molar-refractivity contribution in [1.82, 2.24) is 4.90 Å². The van der Waals surface area contributed by atoms with Crippen LogP contribution < -0.4 is 9.64 Å². The standard InChI is InChI=1S/C29H27N3O2S/c1-2-21-8-12-24(13-9-21)31-19-32-28(33)16-26(27(17-30)29(32)35-20-31)23-10-14-25(15-11-23)34-18-22-6-4-3-5-7-22/h3-15,26H,2,16,18-20H2,1H3/t26-/m0/s1. The van der Waals surface area contributed by atoms with Crippen LogP contribution in [0.4, 0.5) is 5.69 Å². The van der Waals surface area contributed by atoms with Gasteiger partial charge in [-0.3, -0.25) is 9.69 Å². The molecule has 2 aliphatic rings. The van der Waals surface area contributed by atoms with Crippen molar-refractivity contribution >= 4 is 23.4 Å². The molecule has 0 radical (unpaired) electrons. The molecule has 3 aromatic rings. The molecule has 1 saturated heterocycles. The first-order chi connectivity index (χ1) is 17.2. The number of benzene rings is 3. The Morgan fingerprint density at radius 3 is 2.43 bits per heavy atom. The van der Waals surface area contributed by atoms with E-state index in [1.807, 2.05) is 54.6 Å². The van der Waals surface area contributed by atoms with E-state index in [-0.39, 0.29) is 11.8 Å². The van der Waals surface area contributed by atoms with Gasteiger partial charge in [-0.2, -0.15) is 5.26 Å². The molecule has 35 heavy (non-hydrogen) atoms. The van der Waals surface area contributed by atoms with E-state index >= 15 is 0 Å². The fourth-order valence-corrected chi connectivity index (χ4v) is 5.66. The van der Waals surface area contributed by atoms with Gasteiger partial charge in [0.05, 0.1) is 29.2 Å². The molecule has 1 fully saturated rings. The molecule has 176 valence electrons. The van der Waals surface area contributed by atoms with Gasteiger partial charge in [0, 0.05) is 18.0 Å². The normalized spacial score (nSPS) is 17.7. The number of hydrogen-bond acceptors (Lipinski definition) is 5. The number of hydrogen-bond donors (Lipinski definition) is 0. The van der Waals surface area contributed by atoms with Gasteiger partial charge >= 0.3 is 0 Å². The van der Waals surface area contributed by atoms with Gasteiger partial charge in [0.25, 0.3) is 0 Å². The number of allylic oxidation sites excluding steroid dienone is 1. The minimum atomic E-state index is -0.232. The molecule has 0 N–H and O–H groups in total. The Kier molecular flexibility index (Phi) is 6.78. The van der Waals surface area contributed by atoms with Crippen molar-refractivity contribution in [2.75, 3.05) is 17.4 Å². The second kappa shape index (κ2) is 10.3. The molecule has 0 aromatic heterocycles. The van der Waals surface area contributed by atoms with Crippen molar-refractivity contribution in [2.24, 2.45) is 0 Å². The lowest BCUT2D eigenvalue weighted by Crippen LogP contribution is -2.47. The van der Waals surface area contributed by atoms with Crippen LogP contribution in [0.2, 0.25) is 0 Å². The third-order valence-electron chi connectivity index (χ3n) is 6.53. The second-order valence-corrected chi connectivity index (χ2v) is 9.66. The average Bonchev–Trinajstić information content (AvgIpc) is 2.92. The SMILES string of the molecule is CCc1ccc(N2CSC3=C(C#N)[C@H](c4ccc(OCc5ccccc5)cc4)CC(=O)N3C2)cc1. The Hall–Kier alpha value is -3.69. The zero-order valence-corrected chi connectivity index (χ0v) is 20.5. The maximum atomic E-state index is 13.2. The molecular weight excluding hydrogens is 454 g/mol. The summed E-state index contributed by atoms with van der Waals surface area (Å²) in [6.07, 6.45) is 1.29. The van der Waals surface area contributed by atoms with Crippen LogP contribution in [0.15, 0.2) is 89.5 Å². The third-order valence-corrected chi connectivity index (χ3v) is 7.69. The highest BCUT2D eigenvalue weighted by Crippen LogP contribution is 2.43. The second-order valence-electron chi connectivity index (χ2n) is 8.73. The van der Waals surface area contributed by atoms with Crippen molar-refractivity contribution in [2.45, 2.75) is 32.3 Å². The van der Waals surface area contributed by atoms with Crippen LogP contribution in [0.1, 0.15) is 36.0 Å². The number of anilines is 1. The molecule has 0 saturated carbocycles. The van der Waals surface area contributed by atoms with Crippen LogP contribution in [0.3, 0.4) is 0 Å². The molecule has 5 rings (SSSR count). The summed E-state index contributed by atoms with van der Waals surface area (Å²) in [6, 6.07) is 28.7. The van der Waals surface area contributed by atoms with Gasteiger partial charge in [-0.1, -0.05) is 73.3 Å². The maximum absolute atomic E-state index is 13.2. The highest BCUT2D eigenvalue weighted by Gasteiger charge is 2.38. The third kappa shape index (κ3) is 4.91. The van der Waals surface area contributed by atoms with Crippen LogP contribution >= 0.6 is 11.8 Å². The zero-order chi connectivity index (χ0) is 24.2. The van der Waals surface area contributed by atoms with Crippen LogP contribution in [0, 0.1) is 11.3 Å². The molecule has 1 amide bonds. The van der Waals surface area contributed by atoms with Crippen molar-refractivity contribution in [3.8, 4) is 11.8 Å². The van der Waals surface area contributed by atoms with E-state index in [1.165, 1.54) is 5.56 Å². The highest BCUT2D eigenvalue weighted by atomic mass is 32.2. The average molecular weight is 482 g/mol. The smallest absolute Gasteiger partial charge is 0.229 e. The lowest BCUT2D eigenvalue weighted by molar-refractivity contribution is -0.129. The highest BCUT2D eigenvalue weighted by molar-refractivity contribution is 8.03. The van der Waals surface area contributed by atoms with Crippen molar-refractivity contribution in [3.63, 3.8) is 0 Å². The first-order valence-electron chi connectivity index (χ1n) is 11.8. The maximum Gasteiger partial charge on any atom is 0.229 e. The summed E-state index contributed by atoms with van der Waals surface area (Å²) in [5.41, 5.74) is 5.13. The quantitative estimate of drug-likeness (QED) is 0.429. The van der Waals surface area contributed by atoms with E-state index in [0.29, 0.717) is 31.1 Å². The predicted octanol–water partition coefficient (Wildman–Crippen LogP) is 6.05. The van der Waals surface area contributed by atoms with E-state index in [4.69, 9.17) is 4.74 Å². The molecule has 2 aliphatic heterocycles. The van der Waals surface area contributed by atoms with Crippen LogP contribution in [-0.2, 0) is 17.8 Å². The summed E-state index contributed by atoms with van der Waals surface area (Å²) < 4.78 is 5.90. The Labute approximate surface area is 210 Å². The number of thioether (sulfide) groups is 1. The summed E-state index contributed by atoms with van der Waals surface area (Å²) in [5.74, 6) is 1.29. The first-order valence-corrected chi connectivity index (χ1v) is 12.8. The van der Waals surface area contributed by atoms with Crippen LogP contribution in [-0.4, -0.2) is 23.4 Å². The fraction of sp³-hybridized carbons (Fsp3) is 0.241. The number of ether oxygens (including phenoxy) is 1. The Bertz CT molecular complexity index is 1260. The summed E-state index contributed by atoms with van der Waals surface area (Å²) in [6.45, 7) is 3.11. The number of rotatable bonds is 6. The van der Waals surface area contributed by atoms with Gasteiger partial charge in [-0.25, -0.2) is 0 Å². The predicted molar refractivity (Wildman–Crippen MR) is 140 cm³/mol. The van der Waals surface area contributed by atoms with Gasteiger partial charge in [-0.05, 0) is 47.4 Å². The Morgan fingerprint density at radius 1 is 1.00 bits per heavy atom. The van der Waals surface area contributed by atoms with E-state index in [1.54, 1.807) is 16.7 Å².